The average molecular weight is 387 g/mol. The van der Waals surface area contributed by atoms with Gasteiger partial charge in [0.1, 0.15) is 5.82 Å². The van der Waals surface area contributed by atoms with Gasteiger partial charge >= 0.3 is 0 Å². The van der Waals surface area contributed by atoms with Gasteiger partial charge in [-0.25, -0.2) is 4.39 Å². The van der Waals surface area contributed by atoms with Gasteiger partial charge in [0.2, 0.25) is 5.96 Å². The second-order valence-corrected chi connectivity index (χ2v) is 7.01. The number of aliphatic imine (C=N–C) groups is 1. The summed E-state index contributed by atoms with van der Waals surface area (Å²) >= 11 is 6.02. The second-order valence-electron chi connectivity index (χ2n) is 6.57. The minimum atomic E-state index is -0.207. The number of anilines is 1. The minimum absolute atomic E-state index is 0.0923. The third-order valence-electron chi connectivity index (χ3n) is 4.89. The van der Waals surface area contributed by atoms with E-state index in [9.17, 15) is 9.18 Å². The van der Waals surface area contributed by atoms with Gasteiger partial charge in [0.15, 0.2) is 0 Å². The Morgan fingerprint density at radius 2 is 1.70 bits per heavy atom. The largest absolute Gasteiger partial charge is 0.366 e. The molecule has 0 N–H and O–H groups in total. The van der Waals surface area contributed by atoms with Gasteiger partial charge in [-0.05, 0) is 30.3 Å². The first kappa shape index (κ1) is 17.8. The molecule has 2 aliphatic heterocycles. The Labute approximate surface area is 162 Å². The molecule has 0 unspecified atom stereocenters. The molecule has 0 spiro atoms. The number of hydrogen-bond acceptors (Lipinski definition) is 4. The van der Waals surface area contributed by atoms with E-state index in [4.69, 9.17) is 11.6 Å². The highest BCUT2D eigenvalue weighted by atomic mass is 35.5. The zero-order valence-electron chi connectivity index (χ0n) is 14.8. The fourth-order valence-electron chi connectivity index (χ4n) is 3.53. The Morgan fingerprint density at radius 1 is 0.963 bits per heavy atom. The van der Waals surface area contributed by atoms with E-state index < -0.39 is 0 Å². The molecule has 140 valence electrons. The quantitative estimate of drug-likeness (QED) is 0.796. The van der Waals surface area contributed by atoms with Gasteiger partial charge in [0.05, 0.1) is 12.2 Å². The van der Waals surface area contributed by atoms with E-state index >= 15 is 0 Å². The number of para-hydroxylation sites is 1. The average Bonchev–Trinajstić information content (AvgIpc) is 3.18. The van der Waals surface area contributed by atoms with Crippen LogP contribution in [-0.4, -0.2) is 60.9 Å². The summed E-state index contributed by atoms with van der Waals surface area (Å²) in [5, 5.41) is 0.539. The van der Waals surface area contributed by atoms with E-state index in [1.54, 1.807) is 41.3 Å². The van der Waals surface area contributed by atoms with Crippen LogP contribution in [0.4, 0.5) is 10.1 Å². The molecule has 5 nitrogen and oxygen atoms in total. The summed E-state index contributed by atoms with van der Waals surface area (Å²) in [6.45, 7) is 3.89. The van der Waals surface area contributed by atoms with Gasteiger partial charge in [-0.15, -0.1) is 0 Å². The lowest BCUT2D eigenvalue weighted by Crippen LogP contribution is -2.53. The fraction of sp³-hybridized carbons (Fsp3) is 0.300. The predicted molar refractivity (Wildman–Crippen MR) is 105 cm³/mol. The van der Waals surface area contributed by atoms with Gasteiger partial charge in [-0.3, -0.25) is 14.7 Å². The summed E-state index contributed by atoms with van der Waals surface area (Å²) in [5.41, 5.74) is 1.18. The molecule has 0 aliphatic carbocycles. The number of hydrogen-bond donors (Lipinski definition) is 0. The first-order valence-electron chi connectivity index (χ1n) is 9.00. The van der Waals surface area contributed by atoms with Gasteiger partial charge in [-0.1, -0.05) is 29.8 Å². The zero-order chi connectivity index (χ0) is 18.8. The maximum absolute atomic E-state index is 14.0. The second kappa shape index (κ2) is 7.56. The minimum Gasteiger partial charge on any atom is -0.366 e. The fourth-order valence-corrected chi connectivity index (χ4v) is 3.72. The van der Waals surface area contributed by atoms with Crippen LogP contribution in [0.1, 0.15) is 10.4 Å². The lowest BCUT2D eigenvalue weighted by molar-refractivity contribution is 0.0843. The van der Waals surface area contributed by atoms with Crippen LogP contribution in [0.2, 0.25) is 5.02 Å². The zero-order valence-corrected chi connectivity index (χ0v) is 15.6. The van der Waals surface area contributed by atoms with Crippen molar-refractivity contribution in [2.24, 2.45) is 4.99 Å². The lowest BCUT2D eigenvalue weighted by Gasteiger charge is -2.38. The summed E-state index contributed by atoms with van der Waals surface area (Å²) in [5.74, 6) is 0.403. The molecule has 2 heterocycles. The van der Waals surface area contributed by atoms with Crippen molar-refractivity contribution in [3.8, 4) is 0 Å². The van der Waals surface area contributed by atoms with Crippen molar-refractivity contribution in [2.75, 3.05) is 44.2 Å². The number of carbonyl (C=O) groups excluding carboxylic acids is 1. The molecule has 0 bridgehead atoms. The monoisotopic (exact) mass is 386 g/mol. The van der Waals surface area contributed by atoms with Crippen LogP contribution in [0.15, 0.2) is 53.5 Å². The number of rotatable bonds is 2. The van der Waals surface area contributed by atoms with E-state index in [1.807, 2.05) is 11.0 Å². The van der Waals surface area contributed by atoms with Crippen LogP contribution >= 0.6 is 11.6 Å². The Morgan fingerprint density at radius 3 is 2.44 bits per heavy atom. The molecule has 0 radical (unpaired) electrons. The van der Waals surface area contributed by atoms with Crippen molar-refractivity contribution in [1.82, 2.24) is 9.80 Å². The van der Waals surface area contributed by atoms with E-state index in [0.29, 0.717) is 61.5 Å². The van der Waals surface area contributed by atoms with Crippen LogP contribution in [0.5, 0.6) is 0 Å². The Balaban J connectivity index is 1.45. The van der Waals surface area contributed by atoms with Gasteiger partial charge in [-0.2, -0.15) is 0 Å². The van der Waals surface area contributed by atoms with Gasteiger partial charge < -0.3 is 9.80 Å². The molecular formula is C20H20ClFN4O. The Bertz CT molecular complexity index is 880. The Hall–Kier alpha value is -2.60. The number of carbonyl (C=O) groups is 1. The molecular weight excluding hydrogens is 367 g/mol. The molecule has 7 heteroatoms. The van der Waals surface area contributed by atoms with Crippen molar-refractivity contribution in [3.63, 3.8) is 0 Å². The Kier molecular flexibility index (Phi) is 4.99. The van der Waals surface area contributed by atoms with Crippen LogP contribution in [0.25, 0.3) is 0 Å². The van der Waals surface area contributed by atoms with E-state index in [-0.39, 0.29) is 11.7 Å². The van der Waals surface area contributed by atoms with Crippen molar-refractivity contribution in [1.29, 1.82) is 0 Å². The summed E-state index contributed by atoms with van der Waals surface area (Å²) in [6, 6.07) is 13.8. The number of guanidine groups is 1. The maximum atomic E-state index is 14.0. The highest BCUT2D eigenvalue weighted by molar-refractivity contribution is 6.31. The molecule has 0 aromatic heterocycles. The van der Waals surface area contributed by atoms with E-state index in [2.05, 4.69) is 9.89 Å². The third-order valence-corrected chi connectivity index (χ3v) is 5.13. The molecule has 0 saturated carbocycles. The third kappa shape index (κ3) is 3.62. The normalized spacial score (nSPS) is 17.3. The topological polar surface area (TPSA) is 39.2 Å². The van der Waals surface area contributed by atoms with Crippen molar-refractivity contribution >= 4 is 29.2 Å². The van der Waals surface area contributed by atoms with E-state index in [1.165, 1.54) is 6.07 Å². The van der Waals surface area contributed by atoms with Crippen LogP contribution in [0.3, 0.4) is 0 Å². The molecule has 4 rings (SSSR count). The summed E-state index contributed by atoms with van der Waals surface area (Å²) < 4.78 is 14.0. The highest BCUT2D eigenvalue weighted by Gasteiger charge is 2.31. The standard InChI is InChI=1S/C20H20ClFN4O/c21-16-5-3-4-15(14-16)19(27)26-9-8-23-20(26)25-12-10-24(11-13-25)18-7-2-1-6-17(18)22/h1-7,14H,8-13H2. The van der Waals surface area contributed by atoms with Crippen molar-refractivity contribution in [2.45, 2.75) is 0 Å². The first-order valence-corrected chi connectivity index (χ1v) is 9.37. The van der Waals surface area contributed by atoms with Crippen LogP contribution in [-0.2, 0) is 0 Å². The van der Waals surface area contributed by atoms with Crippen LogP contribution < -0.4 is 4.90 Å². The van der Waals surface area contributed by atoms with Gasteiger partial charge in [0.25, 0.3) is 5.91 Å². The molecule has 1 fully saturated rings. The summed E-state index contributed by atoms with van der Waals surface area (Å²) in [7, 11) is 0. The van der Waals surface area contributed by atoms with Crippen LogP contribution in [0, 0.1) is 5.82 Å². The highest BCUT2D eigenvalue weighted by Crippen LogP contribution is 2.22. The summed E-state index contributed by atoms with van der Waals surface area (Å²) in [6.07, 6.45) is 0. The summed E-state index contributed by atoms with van der Waals surface area (Å²) in [4.78, 5) is 23.3. The molecule has 1 saturated heterocycles. The molecule has 2 aromatic rings. The van der Waals surface area contributed by atoms with Gasteiger partial charge in [0, 0.05) is 43.3 Å². The number of halogens is 2. The number of nitrogens with zero attached hydrogens (tertiary/aromatic N) is 4. The lowest BCUT2D eigenvalue weighted by atomic mass is 10.2. The molecule has 27 heavy (non-hydrogen) atoms. The molecule has 1 amide bonds. The number of benzene rings is 2. The SMILES string of the molecule is O=C(c1cccc(Cl)c1)N1CCN=C1N1CCN(c2ccccc2F)CC1. The van der Waals surface area contributed by atoms with Crippen molar-refractivity contribution < 1.29 is 9.18 Å². The first-order chi connectivity index (χ1) is 13.1. The molecule has 2 aliphatic rings. The number of amides is 1. The smallest absolute Gasteiger partial charge is 0.260 e. The maximum Gasteiger partial charge on any atom is 0.260 e. The number of piperazine rings is 1. The predicted octanol–water partition coefficient (Wildman–Crippen LogP) is 3.11. The molecule has 0 atom stereocenters. The van der Waals surface area contributed by atoms with E-state index in [0.717, 1.165) is 0 Å². The van der Waals surface area contributed by atoms with Crippen molar-refractivity contribution in [3.05, 3.63) is 64.9 Å². The molecule has 2 aromatic carbocycles.